The van der Waals surface area contributed by atoms with E-state index in [0.29, 0.717) is 5.56 Å². The van der Waals surface area contributed by atoms with Gasteiger partial charge in [-0.05, 0) is 23.8 Å². The SMILES string of the molecule is O=C(O)Cc1ccc(S(=O)(=O)Cc2ncccn2)cc1. The van der Waals surface area contributed by atoms with Gasteiger partial charge in [-0.25, -0.2) is 18.4 Å². The molecule has 6 nitrogen and oxygen atoms in total. The maximum atomic E-state index is 12.1. The van der Waals surface area contributed by atoms with E-state index in [2.05, 4.69) is 9.97 Å². The molecule has 1 N–H and O–H groups in total. The molecule has 2 rings (SSSR count). The van der Waals surface area contributed by atoms with Crippen LogP contribution in [-0.4, -0.2) is 29.5 Å². The Kier molecular flexibility index (Phi) is 4.09. The quantitative estimate of drug-likeness (QED) is 0.885. The molecule has 0 aliphatic carbocycles. The van der Waals surface area contributed by atoms with Crippen LogP contribution < -0.4 is 0 Å². The molecule has 0 saturated heterocycles. The van der Waals surface area contributed by atoms with Crippen molar-refractivity contribution in [3.8, 4) is 0 Å². The van der Waals surface area contributed by atoms with Crippen molar-refractivity contribution in [2.24, 2.45) is 0 Å². The highest BCUT2D eigenvalue weighted by atomic mass is 32.2. The molecule has 0 saturated carbocycles. The van der Waals surface area contributed by atoms with Crippen molar-refractivity contribution in [2.75, 3.05) is 0 Å². The molecule has 0 amide bonds. The van der Waals surface area contributed by atoms with Crippen LogP contribution >= 0.6 is 0 Å². The van der Waals surface area contributed by atoms with Crippen LogP contribution in [0.2, 0.25) is 0 Å². The summed E-state index contributed by atoms with van der Waals surface area (Å²) in [7, 11) is -3.53. The molecular weight excluding hydrogens is 280 g/mol. The molecule has 0 unspecified atom stereocenters. The van der Waals surface area contributed by atoms with E-state index in [0.717, 1.165) is 0 Å². The molecule has 0 fully saturated rings. The number of hydrogen-bond donors (Lipinski definition) is 1. The van der Waals surface area contributed by atoms with E-state index < -0.39 is 15.8 Å². The van der Waals surface area contributed by atoms with Gasteiger partial charge in [0, 0.05) is 12.4 Å². The molecule has 1 heterocycles. The van der Waals surface area contributed by atoms with Crippen LogP contribution in [0.3, 0.4) is 0 Å². The molecule has 2 aromatic rings. The van der Waals surface area contributed by atoms with Gasteiger partial charge >= 0.3 is 5.97 Å². The Labute approximate surface area is 116 Å². The van der Waals surface area contributed by atoms with Gasteiger partial charge < -0.3 is 5.11 Å². The van der Waals surface area contributed by atoms with E-state index in [9.17, 15) is 13.2 Å². The van der Waals surface area contributed by atoms with Gasteiger partial charge in [-0.2, -0.15) is 0 Å². The Hall–Kier alpha value is -2.28. The topological polar surface area (TPSA) is 97.2 Å². The summed E-state index contributed by atoms with van der Waals surface area (Å²) >= 11 is 0. The summed E-state index contributed by atoms with van der Waals surface area (Å²) in [4.78, 5) is 18.4. The van der Waals surface area contributed by atoms with Crippen LogP contribution in [0.25, 0.3) is 0 Å². The number of benzene rings is 1. The Morgan fingerprint density at radius 2 is 1.70 bits per heavy atom. The first-order chi connectivity index (χ1) is 9.47. The van der Waals surface area contributed by atoms with E-state index in [-0.39, 0.29) is 22.9 Å². The molecule has 0 radical (unpaired) electrons. The van der Waals surface area contributed by atoms with E-state index in [1.807, 2.05) is 0 Å². The van der Waals surface area contributed by atoms with Gasteiger partial charge in [-0.1, -0.05) is 12.1 Å². The highest BCUT2D eigenvalue weighted by Gasteiger charge is 2.16. The van der Waals surface area contributed by atoms with Crippen molar-refractivity contribution < 1.29 is 18.3 Å². The fraction of sp³-hybridized carbons (Fsp3) is 0.154. The van der Waals surface area contributed by atoms with Gasteiger partial charge in [0.1, 0.15) is 11.6 Å². The second-order valence-corrected chi connectivity index (χ2v) is 6.13. The zero-order chi connectivity index (χ0) is 14.6. The summed E-state index contributed by atoms with van der Waals surface area (Å²) in [6.07, 6.45) is 2.82. The Morgan fingerprint density at radius 1 is 1.10 bits per heavy atom. The van der Waals surface area contributed by atoms with Crippen LogP contribution in [0.4, 0.5) is 0 Å². The number of hydrogen-bond acceptors (Lipinski definition) is 5. The molecule has 0 bridgehead atoms. The van der Waals surface area contributed by atoms with Crippen molar-refractivity contribution in [1.29, 1.82) is 0 Å². The Balaban J connectivity index is 2.19. The van der Waals surface area contributed by atoms with E-state index in [1.54, 1.807) is 6.07 Å². The second-order valence-electron chi connectivity index (χ2n) is 4.14. The first kappa shape index (κ1) is 14.1. The zero-order valence-corrected chi connectivity index (χ0v) is 11.2. The van der Waals surface area contributed by atoms with Gasteiger partial charge in [0.05, 0.1) is 11.3 Å². The highest BCUT2D eigenvalue weighted by molar-refractivity contribution is 7.90. The van der Waals surface area contributed by atoms with Gasteiger partial charge in [-0.15, -0.1) is 0 Å². The van der Waals surface area contributed by atoms with E-state index in [1.165, 1.54) is 36.7 Å². The minimum Gasteiger partial charge on any atom is -0.481 e. The number of carbonyl (C=O) groups is 1. The number of aliphatic carboxylic acids is 1. The third-order valence-electron chi connectivity index (χ3n) is 2.58. The van der Waals surface area contributed by atoms with Gasteiger partial charge in [0.2, 0.25) is 0 Å². The van der Waals surface area contributed by atoms with Crippen molar-refractivity contribution in [3.05, 3.63) is 54.1 Å². The predicted octanol–water partition coefficient (Wildman–Crippen LogP) is 1.08. The van der Waals surface area contributed by atoms with Gasteiger partial charge in [0.15, 0.2) is 9.84 Å². The molecule has 0 aliphatic heterocycles. The number of rotatable bonds is 5. The van der Waals surface area contributed by atoms with E-state index >= 15 is 0 Å². The second kappa shape index (κ2) is 5.79. The summed E-state index contributed by atoms with van der Waals surface area (Å²) < 4.78 is 24.3. The molecule has 0 atom stereocenters. The molecule has 20 heavy (non-hydrogen) atoms. The summed E-state index contributed by atoms with van der Waals surface area (Å²) in [5, 5.41) is 8.66. The van der Waals surface area contributed by atoms with Crippen molar-refractivity contribution in [3.63, 3.8) is 0 Å². The van der Waals surface area contributed by atoms with Crippen molar-refractivity contribution in [2.45, 2.75) is 17.1 Å². The first-order valence-electron chi connectivity index (χ1n) is 5.77. The van der Waals surface area contributed by atoms with Crippen LogP contribution in [0.5, 0.6) is 0 Å². The lowest BCUT2D eigenvalue weighted by Gasteiger charge is -2.04. The lowest BCUT2D eigenvalue weighted by Crippen LogP contribution is -2.08. The minimum absolute atomic E-state index is 0.124. The first-order valence-corrected chi connectivity index (χ1v) is 7.42. The molecular formula is C13H12N2O4S. The summed E-state index contributed by atoms with van der Waals surface area (Å²) in [6, 6.07) is 7.39. The lowest BCUT2D eigenvalue weighted by atomic mass is 10.2. The molecule has 0 spiro atoms. The lowest BCUT2D eigenvalue weighted by molar-refractivity contribution is -0.136. The molecule has 1 aromatic carbocycles. The Morgan fingerprint density at radius 3 is 2.25 bits per heavy atom. The monoisotopic (exact) mass is 292 g/mol. The number of carboxylic acid groups (broad SMARTS) is 1. The molecule has 0 aliphatic rings. The predicted molar refractivity (Wildman–Crippen MR) is 70.7 cm³/mol. The van der Waals surface area contributed by atoms with E-state index in [4.69, 9.17) is 5.11 Å². The maximum absolute atomic E-state index is 12.1. The third-order valence-corrected chi connectivity index (χ3v) is 4.20. The number of carboxylic acids is 1. The normalized spacial score (nSPS) is 11.2. The smallest absolute Gasteiger partial charge is 0.307 e. The highest BCUT2D eigenvalue weighted by Crippen LogP contribution is 2.15. The molecule has 1 aromatic heterocycles. The fourth-order valence-corrected chi connectivity index (χ4v) is 2.85. The summed E-state index contributed by atoms with van der Waals surface area (Å²) in [5.74, 6) is -1.02. The van der Waals surface area contributed by atoms with Crippen LogP contribution in [-0.2, 0) is 26.8 Å². The largest absolute Gasteiger partial charge is 0.481 e. The number of nitrogens with zero attached hydrogens (tertiary/aromatic N) is 2. The summed E-state index contributed by atoms with van der Waals surface area (Å²) in [5.41, 5.74) is 0.549. The van der Waals surface area contributed by atoms with Crippen LogP contribution in [0, 0.1) is 0 Å². The van der Waals surface area contributed by atoms with Gasteiger partial charge in [0.25, 0.3) is 0 Å². The molecule has 7 heteroatoms. The average Bonchev–Trinajstić information content (AvgIpc) is 2.39. The van der Waals surface area contributed by atoms with Crippen molar-refractivity contribution in [1.82, 2.24) is 9.97 Å². The maximum Gasteiger partial charge on any atom is 0.307 e. The van der Waals surface area contributed by atoms with Crippen LogP contribution in [0.15, 0.2) is 47.6 Å². The number of aromatic nitrogens is 2. The van der Waals surface area contributed by atoms with Crippen LogP contribution in [0.1, 0.15) is 11.4 Å². The third kappa shape index (κ3) is 3.61. The summed E-state index contributed by atoms with van der Waals surface area (Å²) in [6.45, 7) is 0. The fourth-order valence-electron chi connectivity index (χ4n) is 1.65. The number of sulfone groups is 1. The Bertz CT molecular complexity index is 697. The van der Waals surface area contributed by atoms with Gasteiger partial charge in [-0.3, -0.25) is 4.79 Å². The average molecular weight is 292 g/mol. The standard InChI is InChI=1S/C13H12N2O4S/c16-13(17)8-10-2-4-11(5-3-10)20(18,19)9-12-14-6-1-7-15-12/h1-7H,8-9H2,(H,16,17). The minimum atomic E-state index is -3.53. The zero-order valence-electron chi connectivity index (χ0n) is 10.4. The molecule has 104 valence electrons. The van der Waals surface area contributed by atoms with Crippen molar-refractivity contribution >= 4 is 15.8 Å².